The number of carbonyl (C=O) groups is 6. The van der Waals surface area contributed by atoms with Crippen LogP contribution in [0, 0.1) is 11.3 Å². The largest absolute Gasteiger partial charge is 0.504 e. The van der Waals surface area contributed by atoms with Crippen LogP contribution in [0.4, 0.5) is 22.7 Å². The number of rotatable bonds is 15. The lowest BCUT2D eigenvalue weighted by atomic mass is 10.1. The van der Waals surface area contributed by atoms with E-state index >= 15 is 0 Å². The highest BCUT2D eigenvalue weighted by molar-refractivity contribution is 6.11. The number of hydrogen-bond donors (Lipinski definition) is 10. The Labute approximate surface area is 367 Å². The van der Waals surface area contributed by atoms with E-state index in [2.05, 4.69) is 36.6 Å². The highest BCUT2D eigenvalue weighted by atomic mass is 16.5. The number of nitrogens with one attached hydrogen (secondary N) is 7. The number of phenols is 2. The number of benzene rings is 5. The van der Waals surface area contributed by atoms with E-state index in [1.54, 1.807) is 31.2 Å². The topological polar surface area (TPSA) is 314 Å². The van der Waals surface area contributed by atoms with Crippen LogP contribution in [0.5, 0.6) is 23.0 Å². The molecule has 0 radical (unpaired) electrons. The summed E-state index contributed by atoms with van der Waals surface area (Å²) >= 11 is 0. The molecule has 330 valence electrons. The Hall–Kier alpha value is -9.38. The number of ether oxygens (including phenoxy) is 2. The Kier molecular flexibility index (Phi) is 13.6. The molecule has 5 amide bonds. The van der Waals surface area contributed by atoms with Crippen molar-refractivity contribution >= 4 is 75.4 Å². The number of H-pyrrole nitrogens is 2. The average Bonchev–Trinajstić information content (AvgIpc) is 3.65. The maximum absolute atomic E-state index is 13.2. The van der Waals surface area contributed by atoms with E-state index in [1.807, 2.05) is 6.07 Å². The lowest BCUT2D eigenvalue weighted by Gasteiger charge is -2.17. The van der Waals surface area contributed by atoms with Crippen LogP contribution in [0.2, 0.25) is 0 Å². The molecule has 0 saturated heterocycles. The fraction of sp³-hybridized carbons (Fsp3) is 0.111. The molecular formula is C45H38N8O12. The molecule has 6 aromatic rings. The van der Waals surface area contributed by atoms with Gasteiger partial charge in [-0.25, -0.2) is 9.59 Å². The maximum Gasteiger partial charge on any atom is 0.339 e. The molecule has 6 rings (SSSR count). The van der Waals surface area contributed by atoms with Gasteiger partial charge in [-0.15, -0.1) is 0 Å². The monoisotopic (exact) mass is 882 g/mol. The van der Waals surface area contributed by atoms with E-state index in [1.165, 1.54) is 73.8 Å². The van der Waals surface area contributed by atoms with Gasteiger partial charge in [-0.3, -0.25) is 24.0 Å². The number of fused-ring (bicyclic) bond motifs is 1. The van der Waals surface area contributed by atoms with Gasteiger partial charge < -0.3 is 61.3 Å². The molecule has 0 unspecified atom stereocenters. The molecule has 0 aliphatic heterocycles. The average molecular weight is 883 g/mol. The minimum atomic E-state index is -1.43. The van der Waals surface area contributed by atoms with E-state index in [-0.39, 0.29) is 57.4 Å². The molecule has 0 aliphatic carbocycles. The number of carboxylic acid groups (broad SMARTS) is 1. The Bertz CT molecular complexity index is 3000. The predicted octanol–water partition coefficient (Wildman–Crippen LogP) is 5.18. The predicted molar refractivity (Wildman–Crippen MR) is 236 cm³/mol. The van der Waals surface area contributed by atoms with Gasteiger partial charge in [-0.1, -0.05) is 6.07 Å². The van der Waals surface area contributed by atoms with Gasteiger partial charge in [0.15, 0.2) is 23.0 Å². The molecule has 0 bridgehead atoms. The van der Waals surface area contributed by atoms with Crippen LogP contribution in [0.25, 0.3) is 17.1 Å². The van der Waals surface area contributed by atoms with Gasteiger partial charge in [0.25, 0.3) is 23.6 Å². The molecule has 0 aliphatic rings. The number of aromatic amines is 2. The van der Waals surface area contributed by atoms with Crippen molar-refractivity contribution in [3.63, 3.8) is 0 Å². The van der Waals surface area contributed by atoms with Gasteiger partial charge in [0.2, 0.25) is 5.91 Å². The van der Waals surface area contributed by atoms with E-state index < -0.39 is 58.6 Å². The van der Waals surface area contributed by atoms with Crippen molar-refractivity contribution < 1.29 is 53.6 Å². The Balaban J connectivity index is 1.04. The number of carbonyl (C=O) groups excluding carboxylic acids is 5. The minimum absolute atomic E-state index is 0.0229. The fourth-order valence-corrected chi connectivity index (χ4v) is 6.36. The summed E-state index contributed by atoms with van der Waals surface area (Å²) in [6.07, 6.45) is 1.27. The SMILES string of the molecule is COc1c(NC(=O)c2ccc(NC(=O)c3ccc(NC(=O)[C@H](CC#N)NC(=O)c4ccc(NC(=O)/C(C)=C/c5ccc6[nH]c(=O)[nH]c6c5)cc4)cc3)c(OC)c2O)ccc(C(=O)O)c1O. The molecule has 1 atom stereocenters. The van der Waals surface area contributed by atoms with Crippen LogP contribution in [-0.4, -0.2) is 81.1 Å². The Morgan fingerprint density at radius 2 is 1.23 bits per heavy atom. The summed E-state index contributed by atoms with van der Waals surface area (Å²) in [5.41, 5.74) is 1.91. The third kappa shape index (κ3) is 10.4. The minimum Gasteiger partial charge on any atom is -0.504 e. The zero-order chi connectivity index (χ0) is 46.9. The fourth-order valence-electron chi connectivity index (χ4n) is 6.36. The number of aromatic hydroxyl groups is 2. The molecule has 20 heteroatoms. The van der Waals surface area contributed by atoms with Gasteiger partial charge in [0.1, 0.15) is 11.6 Å². The van der Waals surface area contributed by atoms with Crippen LogP contribution in [0.3, 0.4) is 0 Å². The van der Waals surface area contributed by atoms with Gasteiger partial charge >= 0.3 is 11.7 Å². The van der Waals surface area contributed by atoms with E-state index in [4.69, 9.17) is 9.47 Å². The number of imidazole rings is 1. The number of hydrogen-bond acceptors (Lipinski definition) is 12. The maximum atomic E-state index is 13.2. The smallest absolute Gasteiger partial charge is 0.339 e. The van der Waals surface area contributed by atoms with Crippen LogP contribution in [-0.2, 0) is 9.59 Å². The van der Waals surface area contributed by atoms with Crippen molar-refractivity contribution in [1.82, 2.24) is 15.3 Å². The number of nitriles is 1. The first-order valence-electron chi connectivity index (χ1n) is 19.2. The van der Waals surface area contributed by atoms with Crippen molar-refractivity contribution in [2.75, 3.05) is 35.5 Å². The van der Waals surface area contributed by atoms with E-state index in [9.17, 15) is 54.1 Å². The standard InChI is InChI=1S/C45H38N8O12/c1-22(20-23-4-15-30-34(21-23)53-45(63)52-30)39(56)47-26-9-5-25(6-10-26)41(58)51-33(18-19-46)43(60)48-27-11-7-24(8-12-27)40(57)49-31-16-13-28(35(54)37(31)64-2)42(59)50-32-17-14-29(44(61)62)36(55)38(32)65-3/h4-17,20-21,33,54-55H,18H2,1-3H3,(H,47,56)(H,48,60)(H,49,57)(H,50,59)(H,51,58)(H,61,62)(H2,52,53,63)/b22-20+/t33-/m0/s1. The number of aromatic carboxylic acids is 1. The van der Waals surface area contributed by atoms with Crippen molar-refractivity contribution in [2.24, 2.45) is 0 Å². The summed E-state index contributed by atoms with van der Waals surface area (Å²) in [6.45, 7) is 1.62. The Morgan fingerprint density at radius 1 is 0.692 bits per heavy atom. The molecule has 1 heterocycles. The highest BCUT2D eigenvalue weighted by Crippen LogP contribution is 2.40. The van der Waals surface area contributed by atoms with Gasteiger partial charge in [-0.05, 0) is 103 Å². The number of methoxy groups -OCH3 is 2. The van der Waals surface area contributed by atoms with E-state index in [0.717, 1.165) is 13.2 Å². The second kappa shape index (κ2) is 19.6. The number of phenolic OH excluding ortho intramolecular Hbond substituents is 1. The molecule has 0 saturated carbocycles. The summed E-state index contributed by atoms with van der Waals surface area (Å²) in [7, 11) is 2.35. The van der Waals surface area contributed by atoms with Crippen LogP contribution < -0.4 is 41.7 Å². The van der Waals surface area contributed by atoms with Crippen LogP contribution in [0.1, 0.15) is 60.3 Å². The first-order chi connectivity index (χ1) is 31.1. The second-order valence-corrected chi connectivity index (χ2v) is 14.0. The lowest BCUT2D eigenvalue weighted by molar-refractivity contribution is -0.118. The van der Waals surface area contributed by atoms with E-state index in [0.29, 0.717) is 27.9 Å². The summed E-state index contributed by atoms with van der Waals surface area (Å²) < 4.78 is 10.3. The van der Waals surface area contributed by atoms with Crippen molar-refractivity contribution in [2.45, 2.75) is 19.4 Å². The normalized spacial score (nSPS) is 11.4. The highest BCUT2D eigenvalue weighted by Gasteiger charge is 2.25. The number of anilines is 4. The van der Waals surface area contributed by atoms with Gasteiger partial charge in [0, 0.05) is 28.1 Å². The third-order valence-corrected chi connectivity index (χ3v) is 9.66. The lowest BCUT2D eigenvalue weighted by Crippen LogP contribution is -2.43. The van der Waals surface area contributed by atoms with Crippen molar-refractivity contribution in [1.29, 1.82) is 5.26 Å². The molecule has 0 fully saturated rings. The number of amides is 5. The van der Waals surface area contributed by atoms with Crippen LogP contribution >= 0.6 is 0 Å². The van der Waals surface area contributed by atoms with Crippen molar-refractivity contribution in [3.05, 3.63) is 135 Å². The number of nitrogens with zero attached hydrogens (tertiary/aromatic N) is 1. The second-order valence-electron chi connectivity index (χ2n) is 14.0. The summed E-state index contributed by atoms with van der Waals surface area (Å²) in [4.78, 5) is 93.8. The molecule has 5 aromatic carbocycles. The molecule has 10 N–H and O–H groups in total. The third-order valence-electron chi connectivity index (χ3n) is 9.66. The zero-order valence-corrected chi connectivity index (χ0v) is 34.5. The van der Waals surface area contributed by atoms with Crippen LogP contribution in [0.15, 0.2) is 101 Å². The number of aromatic nitrogens is 2. The number of carboxylic acids is 1. The van der Waals surface area contributed by atoms with Crippen molar-refractivity contribution in [3.8, 4) is 29.1 Å². The molecule has 0 spiro atoms. The summed E-state index contributed by atoms with van der Waals surface area (Å²) in [5, 5.41) is 52.8. The quantitative estimate of drug-likeness (QED) is 0.0595. The van der Waals surface area contributed by atoms with Gasteiger partial charge in [0.05, 0.1) is 54.7 Å². The molecule has 20 nitrogen and oxygen atoms in total. The molecule has 65 heavy (non-hydrogen) atoms. The molecular weight excluding hydrogens is 845 g/mol. The first-order valence-corrected chi connectivity index (χ1v) is 19.2. The summed E-state index contributed by atoms with van der Waals surface area (Å²) in [6, 6.07) is 21.9. The summed E-state index contributed by atoms with van der Waals surface area (Å²) in [5.74, 6) is -6.78. The first kappa shape index (κ1) is 45.2. The Morgan fingerprint density at radius 3 is 1.82 bits per heavy atom. The van der Waals surface area contributed by atoms with Gasteiger partial charge in [-0.2, -0.15) is 5.26 Å². The zero-order valence-electron chi connectivity index (χ0n) is 34.5. The molecule has 1 aromatic heterocycles.